The Morgan fingerprint density at radius 2 is 1.88 bits per heavy atom. The van der Waals surface area contributed by atoms with Crippen molar-refractivity contribution < 1.29 is 19.1 Å². The topological polar surface area (TPSA) is 71.1 Å². The fourth-order valence-electron chi connectivity index (χ4n) is 5.13. The fraction of sp³-hybridized carbons (Fsp3) is 0.462. The van der Waals surface area contributed by atoms with E-state index < -0.39 is 5.41 Å². The van der Waals surface area contributed by atoms with Gasteiger partial charge in [0, 0.05) is 56.6 Å². The molecule has 1 spiro atoms. The van der Waals surface area contributed by atoms with Crippen molar-refractivity contribution in [1.29, 1.82) is 0 Å². The summed E-state index contributed by atoms with van der Waals surface area (Å²) in [6, 6.07) is 11.6. The van der Waals surface area contributed by atoms with Crippen molar-refractivity contribution in [1.82, 2.24) is 4.90 Å². The zero-order valence-electron chi connectivity index (χ0n) is 19.5. The van der Waals surface area contributed by atoms with Gasteiger partial charge in [0.2, 0.25) is 11.8 Å². The van der Waals surface area contributed by atoms with E-state index in [0.29, 0.717) is 43.2 Å². The summed E-state index contributed by atoms with van der Waals surface area (Å²) in [4.78, 5) is 29.8. The predicted molar refractivity (Wildman–Crippen MR) is 127 cm³/mol. The molecular weight excluding hydrogens is 418 g/mol. The maximum Gasteiger partial charge on any atom is 0.235 e. The SMILES string of the molecule is COc1cc2c(cc1Oc1cccc(N(C)C)c1)NC(=O)C21CCN(C(=O)C2CCC2)CC1. The number of nitrogens with one attached hydrogen (secondary N) is 1. The van der Waals surface area contributed by atoms with Gasteiger partial charge in [0.05, 0.1) is 12.5 Å². The second-order valence-electron chi connectivity index (χ2n) is 9.53. The minimum atomic E-state index is -0.623. The van der Waals surface area contributed by atoms with Crippen LogP contribution in [0.25, 0.3) is 0 Å². The molecule has 1 saturated heterocycles. The van der Waals surface area contributed by atoms with Crippen LogP contribution in [0.5, 0.6) is 17.2 Å². The van der Waals surface area contributed by atoms with E-state index >= 15 is 0 Å². The zero-order chi connectivity index (χ0) is 23.2. The quantitative estimate of drug-likeness (QED) is 0.742. The number of likely N-dealkylation sites (tertiary alicyclic amines) is 1. The fourth-order valence-corrected chi connectivity index (χ4v) is 5.13. The van der Waals surface area contributed by atoms with Crippen LogP contribution in [-0.4, -0.2) is 51.0 Å². The molecule has 2 aromatic carbocycles. The van der Waals surface area contributed by atoms with Crippen molar-refractivity contribution in [2.75, 3.05) is 44.5 Å². The largest absolute Gasteiger partial charge is 0.493 e. The lowest BCUT2D eigenvalue weighted by Crippen LogP contribution is -2.50. The van der Waals surface area contributed by atoms with Gasteiger partial charge in [0.25, 0.3) is 0 Å². The van der Waals surface area contributed by atoms with E-state index in [0.717, 1.165) is 36.2 Å². The summed E-state index contributed by atoms with van der Waals surface area (Å²) in [6.07, 6.45) is 4.40. The number of methoxy groups -OCH3 is 1. The molecule has 33 heavy (non-hydrogen) atoms. The molecule has 0 radical (unpaired) electrons. The second-order valence-corrected chi connectivity index (χ2v) is 9.53. The maximum absolute atomic E-state index is 13.2. The number of carbonyl (C=O) groups excluding carboxylic acids is 2. The highest BCUT2D eigenvalue weighted by atomic mass is 16.5. The molecule has 0 atom stereocenters. The van der Waals surface area contributed by atoms with Crippen molar-refractivity contribution in [2.24, 2.45) is 5.92 Å². The number of amides is 2. The van der Waals surface area contributed by atoms with Gasteiger partial charge in [-0.25, -0.2) is 0 Å². The first-order chi connectivity index (χ1) is 15.9. The van der Waals surface area contributed by atoms with Gasteiger partial charge in [-0.2, -0.15) is 0 Å². The molecular formula is C26H31N3O4. The Hall–Kier alpha value is -3.22. The number of anilines is 2. The first-order valence-corrected chi connectivity index (χ1v) is 11.7. The highest BCUT2D eigenvalue weighted by Gasteiger charge is 2.50. The van der Waals surface area contributed by atoms with E-state index in [1.807, 2.05) is 60.3 Å². The lowest BCUT2D eigenvalue weighted by Gasteiger charge is -2.40. The molecule has 2 heterocycles. The number of benzene rings is 2. The van der Waals surface area contributed by atoms with E-state index in [4.69, 9.17) is 9.47 Å². The van der Waals surface area contributed by atoms with Crippen LogP contribution < -0.4 is 19.7 Å². The van der Waals surface area contributed by atoms with Crippen LogP contribution in [0, 0.1) is 5.92 Å². The summed E-state index contributed by atoms with van der Waals surface area (Å²) < 4.78 is 11.8. The standard InChI is InChI=1S/C26H31N3O4/c1-28(2)18-8-5-9-19(14-18)33-23-16-21-20(15-22(23)32-3)26(25(31)27-21)10-12-29(13-11-26)24(30)17-6-4-7-17/h5,8-9,14-17H,4,6-7,10-13H2,1-3H3,(H,27,31). The summed E-state index contributed by atoms with van der Waals surface area (Å²) in [7, 11) is 5.58. The van der Waals surface area contributed by atoms with Gasteiger partial charge in [-0.15, -0.1) is 0 Å². The molecule has 3 aliphatic rings. The van der Waals surface area contributed by atoms with Crippen LogP contribution in [0.2, 0.25) is 0 Å². The number of hydrogen-bond donors (Lipinski definition) is 1. The highest BCUT2D eigenvalue weighted by Crippen LogP contribution is 2.49. The molecule has 2 fully saturated rings. The molecule has 5 rings (SSSR count). The molecule has 0 unspecified atom stereocenters. The number of hydrogen-bond acceptors (Lipinski definition) is 5. The number of nitrogens with zero attached hydrogens (tertiary/aromatic N) is 2. The first-order valence-electron chi connectivity index (χ1n) is 11.7. The van der Waals surface area contributed by atoms with Crippen molar-refractivity contribution in [3.8, 4) is 17.2 Å². The van der Waals surface area contributed by atoms with Crippen LogP contribution in [0.4, 0.5) is 11.4 Å². The van der Waals surface area contributed by atoms with Gasteiger partial charge in [-0.1, -0.05) is 12.5 Å². The van der Waals surface area contributed by atoms with Gasteiger partial charge in [0.15, 0.2) is 11.5 Å². The molecule has 174 valence electrons. The molecule has 0 bridgehead atoms. The lowest BCUT2D eigenvalue weighted by atomic mass is 9.73. The van der Waals surface area contributed by atoms with Crippen LogP contribution >= 0.6 is 0 Å². The van der Waals surface area contributed by atoms with Crippen LogP contribution in [0.15, 0.2) is 36.4 Å². The average molecular weight is 450 g/mol. The minimum Gasteiger partial charge on any atom is -0.493 e. The monoisotopic (exact) mass is 449 g/mol. The van der Waals surface area contributed by atoms with Crippen LogP contribution in [0.3, 0.4) is 0 Å². The first kappa shape index (κ1) is 21.6. The molecule has 0 aromatic heterocycles. The summed E-state index contributed by atoms with van der Waals surface area (Å²) >= 11 is 0. The van der Waals surface area contributed by atoms with E-state index in [-0.39, 0.29) is 17.7 Å². The molecule has 2 amide bonds. The molecule has 2 aromatic rings. The third-order valence-electron chi connectivity index (χ3n) is 7.45. The molecule has 7 heteroatoms. The smallest absolute Gasteiger partial charge is 0.235 e. The summed E-state index contributed by atoms with van der Waals surface area (Å²) in [5.74, 6) is 2.30. The Morgan fingerprint density at radius 3 is 2.52 bits per heavy atom. The summed E-state index contributed by atoms with van der Waals surface area (Å²) in [5, 5.41) is 3.07. The predicted octanol–water partition coefficient (Wildman–Crippen LogP) is 4.17. The summed E-state index contributed by atoms with van der Waals surface area (Å²) in [5.41, 5.74) is 2.11. The molecule has 1 N–H and O–H groups in total. The van der Waals surface area contributed by atoms with Gasteiger partial charge in [-0.3, -0.25) is 9.59 Å². The highest BCUT2D eigenvalue weighted by molar-refractivity contribution is 6.07. The zero-order valence-corrected chi connectivity index (χ0v) is 19.5. The number of fused-ring (bicyclic) bond motifs is 2. The molecule has 1 saturated carbocycles. The average Bonchev–Trinajstić information content (AvgIpc) is 3.02. The normalized spacial score (nSPS) is 19.0. The van der Waals surface area contributed by atoms with Crippen molar-refractivity contribution >= 4 is 23.2 Å². The van der Waals surface area contributed by atoms with E-state index in [1.54, 1.807) is 7.11 Å². The van der Waals surface area contributed by atoms with Gasteiger partial charge in [-0.05, 0) is 49.4 Å². The Bertz CT molecular complexity index is 1080. The molecule has 2 aliphatic heterocycles. The van der Waals surface area contributed by atoms with Crippen LogP contribution in [0.1, 0.15) is 37.7 Å². The number of ether oxygens (including phenoxy) is 2. The van der Waals surface area contributed by atoms with Gasteiger partial charge < -0.3 is 24.6 Å². The Morgan fingerprint density at radius 1 is 1.12 bits per heavy atom. The van der Waals surface area contributed by atoms with E-state index in [1.165, 1.54) is 0 Å². The Labute approximate surface area is 194 Å². The van der Waals surface area contributed by atoms with E-state index in [9.17, 15) is 9.59 Å². The number of piperidine rings is 1. The van der Waals surface area contributed by atoms with E-state index in [2.05, 4.69) is 5.32 Å². The minimum absolute atomic E-state index is 0.00190. The Kier molecular flexibility index (Phi) is 5.43. The van der Waals surface area contributed by atoms with Crippen molar-refractivity contribution in [3.05, 3.63) is 42.0 Å². The van der Waals surface area contributed by atoms with Crippen molar-refractivity contribution in [2.45, 2.75) is 37.5 Å². The van der Waals surface area contributed by atoms with Crippen LogP contribution in [-0.2, 0) is 15.0 Å². The number of rotatable bonds is 5. The molecule has 7 nitrogen and oxygen atoms in total. The van der Waals surface area contributed by atoms with Gasteiger partial charge in [0.1, 0.15) is 5.75 Å². The maximum atomic E-state index is 13.2. The molecule has 1 aliphatic carbocycles. The Balaban J connectivity index is 1.40. The second kappa shape index (κ2) is 8.28. The summed E-state index contributed by atoms with van der Waals surface area (Å²) in [6.45, 7) is 1.22. The third kappa shape index (κ3) is 3.69. The van der Waals surface area contributed by atoms with Gasteiger partial charge >= 0.3 is 0 Å². The lowest BCUT2D eigenvalue weighted by molar-refractivity contribution is -0.141. The number of carbonyl (C=O) groups is 2. The third-order valence-corrected chi connectivity index (χ3v) is 7.45. The van der Waals surface area contributed by atoms with Crippen molar-refractivity contribution in [3.63, 3.8) is 0 Å².